The lowest BCUT2D eigenvalue weighted by Gasteiger charge is -2.27. The first kappa shape index (κ1) is 15.1. The number of halogens is 1. The number of pyridine rings is 1. The van der Waals surface area contributed by atoms with E-state index in [1.807, 2.05) is 26.1 Å². The Labute approximate surface area is 148 Å². The lowest BCUT2D eigenvalue weighted by molar-refractivity contribution is 0.568. The maximum Gasteiger partial charge on any atom is 0.230 e. The zero-order valence-electron chi connectivity index (χ0n) is 14.6. The number of rotatable bonds is 1. The van der Waals surface area contributed by atoms with Gasteiger partial charge in [0, 0.05) is 30.2 Å². The fourth-order valence-electron chi connectivity index (χ4n) is 3.64. The number of aryl methyl sites for hydroxylation is 1. The molecule has 6 nitrogen and oxygen atoms in total. The van der Waals surface area contributed by atoms with Gasteiger partial charge < -0.3 is 9.32 Å². The molecule has 4 heterocycles. The molecule has 0 amide bonds. The summed E-state index contributed by atoms with van der Waals surface area (Å²) in [5.41, 5.74) is 2.92. The van der Waals surface area contributed by atoms with Crippen LogP contribution < -0.4 is 9.80 Å². The van der Waals surface area contributed by atoms with Crippen LogP contribution in [-0.4, -0.2) is 28.2 Å². The van der Waals surface area contributed by atoms with E-state index in [0.29, 0.717) is 11.3 Å². The number of benzene rings is 1. The highest BCUT2D eigenvalue weighted by atomic mass is 19.1. The van der Waals surface area contributed by atoms with Crippen LogP contribution in [0.2, 0.25) is 0 Å². The molecule has 0 spiro atoms. The molecule has 4 aromatic rings. The van der Waals surface area contributed by atoms with Crippen molar-refractivity contribution in [3.8, 4) is 0 Å². The standard InChI is InChI=1S/C19H16FN5O/c1-10-4-5-12-13-6-7-14(20)23-19(13)26-16(12)15(10)25-11(2)24(3)17-18(25)22-9-8-21-17/h4-9,11H,1-3H3/t11-/m0/s1. The van der Waals surface area contributed by atoms with Crippen LogP contribution in [0.5, 0.6) is 0 Å². The smallest absolute Gasteiger partial charge is 0.230 e. The second-order valence-electron chi connectivity index (χ2n) is 6.51. The van der Waals surface area contributed by atoms with Gasteiger partial charge in [0.05, 0.1) is 5.69 Å². The van der Waals surface area contributed by atoms with Gasteiger partial charge in [0.2, 0.25) is 11.7 Å². The third-order valence-electron chi connectivity index (χ3n) is 5.05. The second kappa shape index (κ2) is 5.14. The molecular weight excluding hydrogens is 333 g/mol. The molecule has 1 aromatic carbocycles. The molecule has 0 saturated carbocycles. The summed E-state index contributed by atoms with van der Waals surface area (Å²) in [7, 11) is 1.99. The third kappa shape index (κ3) is 1.88. The monoisotopic (exact) mass is 349 g/mol. The zero-order chi connectivity index (χ0) is 18.0. The molecule has 26 heavy (non-hydrogen) atoms. The van der Waals surface area contributed by atoms with Crippen molar-refractivity contribution in [1.29, 1.82) is 0 Å². The molecule has 0 N–H and O–H groups in total. The minimum atomic E-state index is -0.555. The first-order chi connectivity index (χ1) is 12.6. The summed E-state index contributed by atoms with van der Waals surface area (Å²) in [6.45, 7) is 4.11. The quantitative estimate of drug-likeness (QED) is 0.481. The van der Waals surface area contributed by atoms with Gasteiger partial charge in [0.1, 0.15) is 6.17 Å². The van der Waals surface area contributed by atoms with Crippen LogP contribution in [0.15, 0.2) is 41.1 Å². The van der Waals surface area contributed by atoms with Gasteiger partial charge in [-0.25, -0.2) is 9.97 Å². The molecule has 1 aliphatic heterocycles. The van der Waals surface area contributed by atoms with Crippen LogP contribution in [0.4, 0.5) is 21.7 Å². The highest BCUT2D eigenvalue weighted by Crippen LogP contribution is 2.45. The maximum absolute atomic E-state index is 13.5. The lowest BCUT2D eigenvalue weighted by atomic mass is 10.1. The summed E-state index contributed by atoms with van der Waals surface area (Å²) >= 11 is 0. The molecule has 130 valence electrons. The van der Waals surface area contributed by atoms with E-state index in [1.54, 1.807) is 18.5 Å². The van der Waals surface area contributed by atoms with Crippen molar-refractivity contribution in [3.63, 3.8) is 0 Å². The molecular formula is C19H16FN5O. The van der Waals surface area contributed by atoms with Crippen LogP contribution in [0.25, 0.3) is 22.1 Å². The van der Waals surface area contributed by atoms with Crippen LogP contribution in [0.3, 0.4) is 0 Å². The molecule has 5 rings (SSSR count). The molecule has 0 radical (unpaired) electrons. The molecule has 0 saturated heterocycles. The lowest BCUT2D eigenvalue weighted by Crippen LogP contribution is -2.36. The summed E-state index contributed by atoms with van der Waals surface area (Å²) in [4.78, 5) is 17.1. The Bertz CT molecular complexity index is 1170. The van der Waals surface area contributed by atoms with E-state index >= 15 is 0 Å². The summed E-state index contributed by atoms with van der Waals surface area (Å²) in [6.07, 6.45) is 3.38. The van der Waals surface area contributed by atoms with Gasteiger partial charge in [-0.3, -0.25) is 4.90 Å². The van der Waals surface area contributed by atoms with E-state index in [4.69, 9.17) is 4.42 Å². The zero-order valence-corrected chi connectivity index (χ0v) is 14.6. The fraction of sp³-hybridized carbons (Fsp3) is 0.211. The van der Waals surface area contributed by atoms with E-state index in [-0.39, 0.29) is 6.17 Å². The van der Waals surface area contributed by atoms with E-state index in [9.17, 15) is 4.39 Å². The molecule has 1 aliphatic rings. The van der Waals surface area contributed by atoms with Gasteiger partial charge in [0.15, 0.2) is 17.2 Å². The van der Waals surface area contributed by atoms with Crippen molar-refractivity contribution in [1.82, 2.24) is 15.0 Å². The minimum Gasteiger partial charge on any atom is -0.435 e. The van der Waals surface area contributed by atoms with Gasteiger partial charge in [-0.2, -0.15) is 9.37 Å². The second-order valence-corrected chi connectivity index (χ2v) is 6.51. The van der Waals surface area contributed by atoms with Crippen molar-refractivity contribution in [3.05, 3.63) is 48.2 Å². The van der Waals surface area contributed by atoms with Crippen LogP contribution in [0.1, 0.15) is 12.5 Å². The van der Waals surface area contributed by atoms with Gasteiger partial charge in [-0.1, -0.05) is 12.1 Å². The van der Waals surface area contributed by atoms with E-state index in [2.05, 4.69) is 31.7 Å². The predicted octanol–water partition coefficient (Wildman–Crippen LogP) is 4.15. The molecule has 1 atom stereocenters. The van der Waals surface area contributed by atoms with Crippen molar-refractivity contribution in [2.75, 3.05) is 16.8 Å². The van der Waals surface area contributed by atoms with Crippen molar-refractivity contribution in [2.45, 2.75) is 20.0 Å². The molecule has 0 fully saturated rings. The van der Waals surface area contributed by atoms with Gasteiger partial charge >= 0.3 is 0 Å². The van der Waals surface area contributed by atoms with Crippen LogP contribution >= 0.6 is 0 Å². The maximum atomic E-state index is 13.5. The van der Waals surface area contributed by atoms with E-state index < -0.39 is 5.95 Å². The highest BCUT2D eigenvalue weighted by molar-refractivity contribution is 6.09. The van der Waals surface area contributed by atoms with Gasteiger partial charge in [0.25, 0.3) is 0 Å². The Morgan fingerprint density at radius 1 is 1.04 bits per heavy atom. The SMILES string of the molecule is Cc1ccc2c(oc3nc(F)ccc32)c1N1c2nccnc2N(C)[C@@H]1C. The number of hydrogen-bond donors (Lipinski definition) is 0. The van der Waals surface area contributed by atoms with Crippen molar-refractivity contribution in [2.24, 2.45) is 0 Å². The van der Waals surface area contributed by atoms with Crippen molar-refractivity contribution < 1.29 is 8.81 Å². The summed E-state index contributed by atoms with van der Waals surface area (Å²) in [5, 5.41) is 1.70. The highest BCUT2D eigenvalue weighted by Gasteiger charge is 2.36. The van der Waals surface area contributed by atoms with E-state index in [0.717, 1.165) is 33.7 Å². The first-order valence-electron chi connectivity index (χ1n) is 8.37. The fourth-order valence-corrected chi connectivity index (χ4v) is 3.64. The molecule has 0 bridgehead atoms. The number of aromatic nitrogens is 3. The number of anilines is 3. The molecule has 0 aliphatic carbocycles. The van der Waals surface area contributed by atoms with Crippen molar-refractivity contribution >= 4 is 39.4 Å². The average molecular weight is 349 g/mol. The van der Waals surface area contributed by atoms with Gasteiger partial charge in [-0.05, 0) is 31.5 Å². The molecule has 3 aromatic heterocycles. The average Bonchev–Trinajstić information content (AvgIpc) is 3.11. The molecule has 7 heteroatoms. The minimum absolute atomic E-state index is 0.00890. The summed E-state index contributed by atoms with van der Waals surface area (Å²) in [6, 6.07) is 7.08. The summed E-state index contributed by atoms with van der Waals surface area (Å²) < 4.78 is 19.5. The Morgan fingerprint density at radius 2 is 1.77 bits per heavy atom. The van der Waals surface area contributed by atoms with E-state index in [1.165, 1.54) is 6.07 Å². The number of hydrogen-bond acceptors (Lipinski definition) is 6. The van der Waals surface area contributed by atoms with Crippen LogP contribution in [-0.2, 0) is 0 Å². The topological polar surface area (TPSA) is 58.3 Å². The molecule has 0 unspecified atom stereocenters. The normalized spacial score (nSPS) is 16.7. The Kier molecular flexibility index (Phi) is 2.98. The predicted molar refractivity (Wildman–Crippen MR) is 98.2 cm³/mol. The summed E-state index contributed by atoms with van der Waals surface area (Å²) in [5.74, 6) is 1.04. The van der Waals surface area contributed by atoms with Gasteiger partial charge in [-0.15, -0.1) is 0 Å². The Balaban J connectivity index is 1.84. The first-order valence-corrected chi connectivity index (χ1v) is 8.37. The van der Waals surface area contributed by atoms with Crippen LogP contribution in [0, 0.1) is 12.9 Å². The Morgan fingerprint density at radius 3 is 2.58 bits per heavy atom. The number of furan rings is 1. The largest absolute Gasteiger partial charge is 0.435 e. The third-order valence-corrected chi connectivity index (χ3v) is 5.05. The Hall–Kier alpha value is -3.22. The number of fused-ring (bicyclic) bond motifs is 4. The number of nitrogens with zero attached hydrogens (tertiary/aromatic N) is 5.